The highest BCUT2D eigenvalue weighted by atomic mass is 16.5. The van der Waals surface area contributed by atoms with E-state index in [-0.39, 0.29) is 0 Å². The van der Waals surface area contributed by atoms with Gasteiger partial charge in [-0.1, -0.05) is 19.9 Å². The van der Waals surface area contributed by atoms with Crippen LogP contribution in [-0.4, -0.2) is 4.98 Å². The summed E-state index contributed by atoms with van der Waals surface area (Å²) < 4.78 is 5.63. The number of nitrogens with two attached hydrogens (primary N) is 2. The van der Waals surface area contributed by atoms with Crippen molar-refractivity contribution in [2.24, 2.45) is 11.5 Å². The number of ether oxygens (including phenoxy) is 1. The van der Waals surface area contributed by atoms with E-state index in [1.165, 1.54) is 6.20 Å². The van der Waals surface area contributed by atoms with E-state index >= 15 is 0 Å². The van der Waals surface area contributed by atoms with Gasteiger partial charge in [0.15, 0.2) is 0 Å². The van der Waals surface area contributed by atoms with Gasteiger partial charge in [0.2, 0.25) is 0 Å². The lowest BCUT2D eigenvalue weighted by molar-refractivity contribution is 0.306. The molecule has 1 aromatic carbocycles. The Bertz CT molecular complexity index is 521. The van der Waals surface area contributed by atoms with E-state index in [9.17, 15) is 0 Å². The van der Waals surface area contributed by atoms with Crippen molar-refractivity contribution in [2.75, 3.05) is 0 Å². The summed E-state index contributed by atoms with van der Waals surface area (Å²) in [6, 6.07) is 11.3. The molecule has 0 aliphatic rings. The molecular formula is C16H21N3O. The molecule has 1 aromatic heterocycles. The van der Waals surface area contributed by atoms with Crippen LogP contribution in [0.15, 0.2) is 55.0 Å². The van der Waals surface area contributed by atoms with Gasteiger partial charge in [-0.3, -0.25) is 4.98 Å². The molecule has 106 valence electrons. The first-order valence-electron chi connectivity index (χ1n) is 6.59. The Morgan fingerprint density at radius 3 is 2.45 bits per heavy atom. The number of hydrogen-bond donors (Lipinski definition) is 2. The first kappa shape index (κ1) is 15.6. The second-order valence-electron chi connectivity index (χ2n) is 3.80. The van der Waals surface area contributed by atoms with Crippen molar-refractivity contribution in [3.05, 3.63) is 66.1 Å². The van der Waals surface area contributed by atoms with Gasteiger partial charge >= 0.3 is 0 Å². The molecule has 0 aliphatic carbocycles. The standard InChI is InChI=1S/C14H15N3O.C2H6/c15-8-14(16)12-3-5-13(6-4-12)18-10-11-2-1-7-17-9-11;1-2/h1-9H,10,15-16H2;1-2H3/b14-8-;. The van der Waals surface area contributed by atoms with Crippen LogP contribution in [0, 0.1) is 0 Å². The second-order valence-corrected chi connectivity index (χ2v) is 3.80. The van der Waals surface area contributed by atoms with Crippen molar-refractivity contribution in [1.82, 2.24) is 4.98 Å². The Balaban J connectivity index is 0.000000956. The summed E-state index contributed by atoms with van der Waals surface area (Å²) in [5.41, 5.74) is 13.5. The fourth-order valence-electron chi connectivity index (χ4n) is 1.49. The van der Waals surface area contributed by atoms with Crippen molar-refractivity contribution >= 4 is 5.70 Å². The lowest BCUT2D eigenvalue weighted by Crippen LogP contribution is -2.00. The average molecular weight is 271 g/mol. The fraction of sp³-hybridized carbons (Fsp3) is 0.188. The molecule has 0 amide bonds. The third-order valence-electron chi connectivity index (χ3n) is 2.50. The topological polar surface area (TPSA) is 74.2 Å². The average Bonchev–Trinajstić information content (AvgIpc) is 2.55. The maximum atomic E-state index is 5.70. The van der Waals surface area contributed by atoms with Crippen LogP contribution in [0.3, 0.4) is 0 Å². The molecule has 0 saturated heterocycles. The predicted molar refractivity (Wildman–Crippen MR) is 82.7 cm³/mol. The van der Waals surface area contributed by atoms with E-state index in [2.05, 4.69) is 4.98 Å². The summed E-state index contributed by atoms with van der Waals surface area (Å²) in [5, 5.41) is 0. The SMILES string of the molecule is CC.N/C=C(\N)c1ccc(OCc2cccnc2)cc1. The zero-order valence-corrected chi connectivity index (χ0v) is 11.9. The predicted octanol–water partition coefficient (Wildman–Crippen LogP) is 2.90. The lowest BCUT2D eigenvalue weighted by Gasteiger charge is -2.07. The molecule has 20 heavy (non-hydrogen) atoms. The first-order valence-corrected chi connectivity index (χ1v) is 6.59. The first-order chi connectivity index (χ1) is 9.79. The minimum absolute atomic E-state index is 0.495. The highest BCUT2D eigenvalue weighted by Crippen LogP contribution is 2.16. The molecule has 4 heteroatoms. The Morgan fingerprint density at radius 2 is 1.90 bits per heavy atom. The van der Waals surface area contributed by atoms with Gasteiger partial charge in [0.05, 0.1) is 5.70 Å². The number of rotatable bonds is 4. The summed E-state index contributed by atoms with van der Waals surface area (Å²) in [6.45, 7) is 4.50. The molecule has 0 fully saturated rings. The van der Waals surface area contributed by atoms with Crippen molar-refractivity contribution in [1.29, 1.82) is 0 Å². The largest absolute Gasteiger partial charge is 0.489 e. The lowest BCUT2D eigenvalue weighted by atomic mass is 10.2. The Morgan fingerprint density at radius 1 is 1.20 bits per heavy atom. The van der Waals surface area contributed by atoms with Gasteiger partial charge in [0, 0.05) is 24.2 Å². The molecule has 0 unspecified atom stereocenters. The normalized spacial score (nSPS) is 10.4. The highest BCUT2D eigenvalue weighted by Gasteiger charge is 1.98. The van der Waals surface area contributed by atoms with Crippen LogP contribution >= 0.6 is 0 Å². The highest BCUT2D eigenvalue weighted by molar-refractivity contribution is 5.62. The molecule has 0 spiro atoms. The Kier molecular flexibility index (Phi) is 6.68. The van der Waals surface area contributed by atoms with Crippen LogP contribution < -0.4 is 16.2 Å². The third-order valence-corrected chi connectivity index (χ3v) is 2.50. The van der Waals surface area contributed by atoms with E-state index in [0.29, 0.717) is 12.3 Å². The maximum Gasteiger partial charge on any atom is 0.119 e. The number of nitrogens with zero attached hydrogens (tertiary/aromatic N) is 1. The van der Waals surface area contributed by atoms with Crippen molar-refractivity contribution in [3.63, 3.8) is 0 Å². The molecule has 0 aliphatic heterocycles. The quantitative estimate of drug-likeness (QED) is 0.896. The molecule has 4 nitrogen and oxygen atoms in total. The minimum Gasteiger partial charge on any atom is -0.489 e. The summed E-state index contributed by atoms with van der Waals surface area (Å²) in [6.07, 6.45) is 4.90. The number of pyridine rings is 1. The molecule has 0 atom stereocenters. The minimum atomic E-state index is 0.495. The molecule has 4 N–H and O–H groups in total. The van der Waals surface area contributed by atoms with Crippen molar-refractivity contribution in [2.45, 2.75) is 20.5 Å². The Labute approximate surface area is 120 Å². The monoisotopic (exact) mass is 271 g/mol. The van der Waals surface area contributed by atoms with Crippen molar-refractivity contribution in [3.8, 4) is 5.75 Å². The second kappa shape index (κ2) is 8.58. The van der Waals surface area contributed by atoms with E-state index in [1.54, 1.807) is 12.4 Å². The molecular weight excluding hydrogens is 250 g/mol. The number of benzene rings is 1. The maximum absolute atomic E-state index is 5.70. The molecule has 2 rings (SSSR count). The van der Waals surface area contributed by atoms with E-state index in [1.807, 2.05) is 50.2 Å². The zero-order chi connectivity index (χ0) is 14.8. The van der Waals surface area contributed by atoms with Gasteiger partial charge in [-0.2, -0.15) is 0 Å². The summed E-state index contributed by atoms with van der Waals surface area (Å²) in [5.74, 6) is 0.785. The van der Waals surface area contributed by atoms with Crippen LogP contribution in [0.25, 0.3) is 5.70 Å². The van der Waals surface area contributed by atoms with E-state index in [0.717, 1.165) is 16.9 Å². The molecule has 1 heterocycles. The van der Waals surface area contributed by atoms with Crippen molar-refractivity contribution < 1.29 is 4.74 Å². The summed E-state index contributed by atoms with van der Waals surface area (Å²) in [7, 11) is 0. The van der Waals surface area contributed by atoms with Crippen LogP contribution in [0.2, 0.25) is 0 Å². The molecule has 2 aromatic rings. The van der Waals surface area contributed by atoms with E-state index in [4.69, 9.17) is 16.2 Å². The van der Waals surface area contributed by atoms with Crippen LogP contribution in [0.1, 0.15) is 25.0 Å². The smallest absolute Gasteiger partial charge is 0.119 e. The fourth-order valence-corrected chi connectivity index (χ4v) is 1.49. The third kappa shape index (κ3) is 4.65. The molecule has 0 saturated carbocycles. The van der Waals surface area contributed by atoms with Gasteiger partial charge in [-0.05, 0) is 35.9 Å². The van der Waals surface area contributed by atoms with Gasteiger partial charge in [-0.15, -0.1) is 0 Å². The van der Waals surface area contributed by atoms with Crippen LogP contribution in [0.4, 0.5) is 0 Å². The zero-order valence-electron chi connectivity index (χ0n) is 11.9. The van der Waals surface area contributed by atoms with Crippen LogP contribution in [0.5, 0.6) is 5.75 Å². The number of hydrogen-bond acceptors (Lipinski definition) is 4. The van der Waals surface area contributed by atoms with Gasteiger partial charge < -0.3 is 16.2 Å². The number of aromatic nitrogens is 1. The van der Waals surface area contributed by atoms with E-state index < -0.39 is 0 Å². The summed E-state index contributed by atoms with van der Waals surface area (Å²) >= 11 is 0. The Hall–Kier alpha value is -2.49. The van der Waals surface area contributed by atoms with Crippen LogP contribution in [-0.2, 0) is 6.61 Å². The van der Waals surface area contributed by atoms with Gasteiger partial charge in [0.25, 0.3) is 0 Å². The van der Waals surface area contributed by atoms with Gasteiger partial charge in [-0.25, -0.2) is 0 Å². The van der Waals surface area contributed by atoms with Gasteiger partial charge in [0.1, 0.15) is 12.4 Å². The molecule has 0 bridgehead atoms. The summed E-state index contributed by atoms with van der Waals surface area (Å²) in [4.78, 5) is 4.03. The molecule has 0 radical (unpaired) electrons.